The van der Waals surface area contributed by atoms with Crippen LogP contribution in [-0.2, 0) is 16.6 Å². The lowest BCUT2D eigenvalue weighted by Gasteiger charge is -2.26. The van der Waals surface area contributed by atoms with E-state index in [9.17, 15) is 27.5 Å². The average Bonchev–Trinajstić information content (AvgIpc) is 3.49. The van der Waals surface area contributed by atoms with Crippen molar-refractivity contribution in [3.63, 3.8) is 0 Å². The standard InChI is InChI=1S/C23H18F4N8O2/c24-12-5-6-15(28-8-12)23(11-3-4-11)16-18(34-21(23)37)32-17(33-20(16)36)14-9-35-19(29-10-30-35)13(31-14)2-1-7-22(25,26)27/h5-6,8-11H,1-4,7H2,(H2,32,33,34,36,37). The van der Waals surface area contributed by atoms with E-state index in [1.807, 2.05) is 0 Å². The molecular weight excluding hydrogens is 496 g/mol. The number of pyridine rings is 1. The van der Waals surface area contributed by atoms with Crippen LogP contribution in [0.2, 0.25) is 0 Å². The Labute approximate surface area is 205 Å². The molecule has 2 N–H and O–H groups in total. The predicted molar refractivity (Wildman–Crippen MR) is 119 cm³/mol. The summed E-state index contributed by atoms with van der Waals surface area (Å²) in [4.78, 5) is 34.6. The maximum absolute atomic E-state index is 13.6. The van der Waals surface area contributed by atoms with E-state index in [0.29, 0.717) is 18.5 Å². The van der Waals surface area contributed by atoms with Crippen LogP contribution in [0.1, 0.15) is 42.6 Å². The zero-order valence-corrected chi connectivity index (χ0v) is 19.0. The van der Waals surface area contributed by atoms with Gasteiger partial charge in [-0.25, -0.2) is 23.9 Å². The molecule has 1 atom stereocenters. The minimum absolute atomic E-state index is 0.0236. The molecule has 4 aromatic rings. The fourth-order valence-corrected chi connectivity index (χ4v) is 4.93. The number of carbonyl (C=O) groups excluding carboxylic acids is 1. The number of aromatic hydroxyl groups is 1. The predicted octanol–water partition coefficient (Wildman–Crippen LogP) is 3.35. The lowest BCUT2D eigenvalue weighted by molar-refractivity contribution is -0.135. The van der Waals surface area contributed by atoms with Gasteiger partial charge in [-0.15, -0.1) is 0 Å². The summed E-state index contributed by atoms with van der Waals surface area (Å²) in [6, 6.07) is 2.60. The van der Waals surface area contributed by atoms with Crippen LogP contribution in [0, 0.1) is 11.7 Å². The molecule has 0 saturated heterocycles. The Morgan fingerprint density at radius 3 is 2.68 bits per heavy atom. The highest BCUT2D eigenvalue weighted by atomic mass is 19.4. The molecule has 1 aliphatic heterocycles. The van der Waals surface area contributed by atoms with Crippen LogP contribution in [0.15, 0.2) is 30.9 Å². The first-order valence-electron chi connectivity index (χ1n) is 11.5. The number of fused-ring (bicyclic) bond motifs is 2. The van der Waals surface area contributed by atoms with Crippen molar-refractivity contribution in [2.24, 2.45) is 5.92 Å². The minimum Gasteiger partial charge on any atom is -0.493 e. The average molecular weight is 514 g/mol. The molecule has 0 radical (unpaired) electrons. The van der Waals surface area contributed by atoms with Crippen LogP contribution in [0.5, 0.6) is 5.88 Å². The van der Waals surface area contributed by atoms with Crippen molar-refractivity contribution < 1.29 is 27.5 Å². The first-order chi connectivity index (χ1) is 17.7. The number of rotatable bonds is 6. The summed E-state index contributed by atoms with van der Waals surface area (Å²) in [5.74, 6) is -1.69. The number of halogens is 4. The van der Waals surface area contributed by atoms with Crippen LogP contribution >= 0.6 is 0 Å². The van der Waals surface area contributed by atoms with E-state index in [1.165, 1.54) is 29.2 Å². The maximum atomic E-state index is 13.6. The summed E-state index contributed by atoms with van der Waals surface area (Å²) in [5.41, 5.74) is -0.285. The molecule has 4 aromatic heterocycles. The van der Waals surface area contributed by atoms with E-state index >= 15 is 0 Å². The summed E-state index contributed by atoms with van der Waals surface area (Å²) in [7, 11) is 0. The lowest BCUT2D eigenvalue weighted by atomic mass is 9.74. The van der Waals surface area contributed by atoms with Gasteiger partial charge < -0.3 is 10.4 Å². The number of nitrogens with zero attached hydrogens (tertiary/aromatic N) is 7. The molecule has 1 unspecified atom stereocenters. The molecule has 37 heavy (non-hydrogen) atoms. The summed E-state index contributed by atoms with van der Waals surface area (Å²) in [5, 5.41) is 17.8. The van der Waals surface area contributed by atoms with E-state index in [-0.39, 0.29) is 53.0 Å². The van der Waals surface area contributed by atoms with Crippen molar-refractivity contribution in [2.75, 3.05) is 5.32 Å². The molecule has 5 heterocycles. The van der Waals surface area contributed by atoms with Gasteiger partial charge in [-0.3, -0.25) is 9.78 Å². The molecule has 1 aliphatic carbocycles. The molecule has 1 fully saturated rings. The first-order valence-corrected chi connectivity index (χ1v) is 11.5. The second-order valence-corrected chi connectivity index (χ2v) is 9.06. The Hall–Kier alpha value is -4.23. The molecule has 14 heteroatoms. The molecule has 0 aromatic carbocycles. The highest BCUT2D eigenvalue weighted by Gasteiger charge is 2.61. The topological polar surface area (TPSA) is 131 Å². The second-order valence-electron chi connectivity index (χ2n) is 9.06. The summed E-state index contributed by atoms with van der Waals surface area (Å²) in [6.07, 6.45) is -0.442. The first kappa shape index (κ1) is 23.2. The van der Waals surface area contributed by atoms with E-state index < -0.39 is 35.6 Å². The molecule has 6 rings (SSSR count). The third kappa shape index (κ3) is 3.83. The molecule has 0 bridgehead atoms. The molecular formula is C23H18F4N8O2. The molecule has 1 saturated carbocycles. The van der Waals surface area contributed by atoms with Crippen molar-refractivity contribution in [1.29, 1.82) is 0 Å². The SMILES string of the molecule is O=C1Nc2nc(-c3cn4ncnc4c(CCCC(F)(F)F)n3)nc(O)c2C1(c1ccc(F)cn1)C1CC1. The van der Waals surface area contributed by atoms with Crippen molar-refractivity contribution in [2.45, 2.75) is 43.7 Å². The molecule has 1 amide bonds. The quantitative estimate of drug-likeness (QED) is 0.375. The largest absolute Gasteiger partial charge is 0.493 e. The second kappa shape index (κ2) is 8.15. The molecule has 10 nitrogen and oxygen atoms in total. The van der Waals surface area contributed by atoms with Gasteiger partial charge in [-0.05, 0) is 43.7 Å². The number of alkyl halides is 3. The molecule has 190 valence electrons. The van der Waals surface area contributed by atoms with Gasteiger partial charge in [0.2, 0.25) is 11.8 Å². The summed E-state index contributed by atoms with van der Waals surface area (Å²) < 4.78 is 52.9. The van der Waals surface area contributed by atoms with Crippen molar-refractivity contribution in [3.8, 4) is 17.4 Å². The Bertz CT molecular complexity index is 1530. The third-order valence-electron chi connectivity index (χ3n) is 6.63. The normalized spacial score (nSPS) is 19.3. The number of amides is 1. The Morgan fingerprint density at radius 2 is 1.97 bits per heavy atom. The van der Waals surface area contributed by atoms with Crippen LogP contribution in [0.25, 0.3) is 17.2 Å². The zero-order valence-electron chi connectivity index (χ0n) is 19.0. The van der Waals surface area contributed by atoms with Crippen molar-refractivity contribution in [1.82, 2.24) is 34.5 Å². The minimum atomic E-state index is -4.30. The van der Waals surface area contributed by atoms with Crippen LogP contribution in [0.4, 0.5) is 23.4 Å². The van der Waals surface area contributed by atoms with Gasteiger partial charge >= 0.3 is 6.18 Å². The van der Waals surface area contributed by atoms with Gasteiger partial charge in [-0.1, -0.05) is 0 Å². The van der Waals surface area contributed by atoms with E-state index in [0.717, 1.165) is 6.20 Å². The van der Waals surface area contributed by atoms with E-state index in [2.05, 4.69) is 35.3 Å². The van der Waals surface area contributed by atoms with E-state index in [4.69, 9.17) is 0 Å². The monoisotopic (exact) mass is 514 g/mol. The number of hydrogen-bond acceptors (Lipinski definition) is 8. The number of nitrogens with one attached hydrogen (secondary N) is 1. The van der Waals surface area contributed by atoms with Gasteiger partial charge in [0, 0.05) is 6.42 Å². The molecule has 0 spiro atoms. The van der Waals surface area contributed by atoms with Crippen LogP contribution < -0.4 is 5.32 Å². The Balaban J connectivity index is 1.43. The van der Waals surface area contributed by atoms with Gasteiger partial charge in [0.1, 0.15) is 29.1 Å². The Morgan fingerprint density at radius 1 is 1.16 bits per heavy atom. The molecule has 2 aliphatic rings. The number of aryl methyl sites for hydroxylation is 1. The number of aromatic nitrogens is 7. The fraction of sp³-hybridized carbons (Fsp3) is 0.348. The van der Waals surface area contributed by atoms with Crippen molar-refractivity contribution in [3.05, 3.63) is 53.6 Å². The third-order valence-corrected chi connectivity index (χ3v) is 6.63. The van der Waals surface area contributed by atoms with E-state index in [1.54, 1.807) is 0 Å². The maximum Gasteiger partial charge on any atom is 0.389 e. The number of carbonyl (C=O) groups is 1. The van der Waals surface area contributed by atoms with Gasteiger partial charge in [0.25, 0.3) is 0 Å². The van der Waals surface area contributed by atoms with Gasteiger partial charge in [0.15, 0.2) is 11.5 Å². The summed E-state index contributed by atoms with van der Waals surface area (Å²) in [6.45, 7) is 0. The fourth-order valence-electron chi connectivity index (χ4n) is 4.93. The smallest absolute Gasteiger partial charge is 0.389 e. The number of anilines is 1. The summed E-state index contributed by atoms with van der Waals surface area (Å²) >= 11 is 0. The highest BCUT2D eigenvalue weighted by molar-refractivity contribution is 6.09. The van der Waals surface area contributed by atoms with Crippen LogP contribution in [0.3, 0.4) is 0 Å². The highest BCUT2D eigenvalue weighted by Crippen LogP contribution is 2.57. The number of hydrogen-bond donors (Lipinski definition) is 2. The Kier molecular flexibility index (Phi) is 5.10. The van der Waals surface area contributed by atoms with Crippen molar-refractivity contribution >= 4 is 17.4 Å². The van der Waals surface area contributed by atoms with Crippen LogP contribution in [-0.4, -0.2) is 51.7 Å². The lowest BCUT2D eigenvalue weighted by Crippen LogP contribution is -2.39. The van der Waals surface area contributed by atoms with Gasteiger partial charge in [-0.2, -0.15) is 23.3 Å². The van der Waals surface area contributed by atoms with Gasteiger partial charge in [0.05, 0.1) is 29.3 Å². The zero-order chi connectivity index (χ0) is 25.9.